The van der Waals surface area contributed by atoms with Gasteiger partial charge in [-0.15, -0.1) is 6.58 Å². The molecule has 4 atom stereocenters. The summed E-state index contributed by atoms with van der Waals surface area (Å²) in [5.74, 6) is -0.372. The number of aliphatic hydroxyl groups excluding tert-OH is 1. The van der Waals surface area contributed by atoms with Crippen LogP contribution in [0.4, 0.5) is 21.2 Å². The van der Waals surface area contributed by atoms with E-state index in [1.807, 2.05) is 37.3 Å². The summed E-state index contributed by atoms with van der Waals surface area (Å²) in [7, 11) is -3.28. The van der Waals surface area contributed by atoms with E-state index in [9.17, 15) is 14.7 Å². The fraction of sp³-hybridized carbons (Fsp3) is 0.407. The Hall–Kier alpha value is -3.01. The Bertz CT molecular complexity index is 1230. The lowest BCUT2D eigenvalue weighted by Gasteiger charge is -2.32. The van der Waals surface area contributed by atoms with Crippen LogP contribution in [0, 0.1) is 5.92 Å². The molecule has 0 aliphatic carbocycles. The first kappa shape index (κ1) is 24.7. The molecule has 0 bridgehead atoms. The summed E-state index contributed by atoms with van der Waals surface area (Å²) >= 11 is 0. The van der Waals surface area contributed by atoms with Crippen molar-refractivity contribution in [3.8, 4) is 5.75 Å². The summed E-state index contributed by atoms with van der Waals surface area (Å²) in [5, 5.41) is 9.71. The molecule has 7 nitrogen and oxygen atoms in total. The third-order valence-electron chi connectivity index (χ3n) is 7.63. The maximum Gasteiger partial charge on any atom is 0.269 e. The lowest BCUT2D eigenvalue weighted by molar-refractivity contribution is -0.146. The first-order chi connectivity index (χ1) is 17.1. The minimum Gasteiger partial charge on any atom is -0.482 e. The van der Waals surface area contributed by atoms with E-state index in [0.29, 0.717) is 28.4 Å². The molecule has 0 radical (unpaired) electrons. The van der Waals surface area contributed by atoms with Gasteiger partial charge >= 0.3 is 0 Å². The number of amides is 2. The highest BCUT2D eigenvalue weighted by Gasteiger charge is 2.66. The number of carbonyl (C=O) groups is 2. The van der Waals surface area contributed by atoms with E-state index >= 15 is 4.11 Å². The van der Waals surface area contributed by atoms with Gasteiger partial charge in [-0.25, -0.2) is 0 Å². The first-order valence-electron chi connectivity index (χ1n) is 12.2. The molecule has 1 N–H and O–H groups in total. The Morgan fingerprint density at radius 3 is 2.67 bits per heavy atom. The second-order valence-corrected chi connectivity index (χ2v) is 14.0. The number of rotatable bonds is 6. The predicted molar refractivity (Wildman–Crippen MR) is 138 cm³/mol. The predicted octanol–water partition coefficient (Wildman–Crippen LogP) is 4.43. The lowest BCUT2D eigenvalue weighted by atomic mass is 9.82. The molecule has 3 heterocycles. The molecule has 0 aromatic heterocycles. The minimum absolute atomic E-state index is 0.101. The Labute approximate surface area is 211 Å². The van der Waals surface area contributed by atoms with Crippen molar-refractivity contribution in [3.05, 3.63) is 60.7 Å². The zero-order valence-electron chi connectivity index (χ0n) is 20.7. The summed E-state index contributed by atoms with van der Waals surface area (Å²) in [6.07, 6.45) is 1.30. The topological polar surface area (TPSA) is 79.3 Å². The van der Waals surface area contributed by atoms with Crippen molar-refractivity contribution in [2.75, 3.05) is 29.6 Å². The normalized spacial score (nSPS) is 27.3. The van der Waals surface area contributed by atoms with E-state index in [1.165, 1.54) is 0 Å². The van der Waals surface area contributed by atoms with Gasteiger partial charge in [0.25, 0.3) is 11.8 Å². The molecule has 1 fully saturated rings. The number of para-hydroxylation sites is 2. The van der Waals surface area contributed by atoms with E-state index in [4.69, 9.17) is 9.47 Å². The molecule has 5 rings (SSSR count). The van der Waals surface area contributed by atoms with E-state index in [1.54, 1.807) is 41.1 Å². The Morgan fingerprint density at radius 1 is 1.22 bits per heavy atom. The van der Waals surface area contributed by atoms with Gasteiger partial charge < -0.3 is 23.6 Å². The average molecular weight is 511 g/mol. The molecule has 1 spiro atoms. The smallest absolute Gasteiger partial charge is 0.269 e. The molecule has 190 valence electrons. The summed E-state index contributed by atoms with van der Waals surface area (Å²) in [6, 6.07) is 12.7. The van der Waals surface area contributed by atoms with Crippen LogP contribution in [-0.4, -0.2) is 51.2 Å². The summed E-state index contributed by atoms with van der Waals surface area (Å²) in [5.41, 5.74) is 0.565. The lowest BCUT2D eigenvalue weighted by Crippen LogP contribution is -2.45. The minimum atomic E-state index is -3.28. The summed E-state index contributed by atoms with van der Waals surface area (Å²) < 4.78 is 27.8. The highest BCUT2D eigenvalue weighted by molar-refractivity contribution is 6.72. The maximum absolute atomic E-state index is 15.7. The number of anilines is 3. The molecule has 2 amide bonds. The highest BCUT2D eigenvalue weighted by Crippen LogP contribution is 2.60. The molecular weight excluding hydrogens is 479 g/mol. The van der Waals surface area contributed by atoms with E-state index in [-0.39, 0.29) is 38.0 Å². The number of carbonyl (C=O) groups excluding carboxylic acids is 2. The zero-order valence-corrected chi connectivity index (χ0v) is 21.7. The molecule has 0 unspecified atom stereocenters. The van der Waals surface area contributed by atoms with Crippen molar-refractivity contribution >= 4 is 37.3 Å². The maximum atomic E-state index is 15.7. The zero-order chi connectivity index (χ0) is 25.8. The summed E-state index contributed by atoms with van der Waals surface area (Å²) in [4.78, 5) is 30.2. The fourth-order valence-corrected chi connectivity index (χ4v) is 8.81. The summed E-state index contributed by atoms with van der Waals surface area (Å²) in [6.45, 7) is 8.94. The fourth-order valence-electron chi connectivity index (χ4n) is 6.27. The van der Waals surface area contributed by atoms with Gasteiger partial charge in [0.2, 0.25) is 8.41 Å². The van der Waals surface area contributed by atoms with Crippen LogP contribution in [0.3, 0.4) is 0 Å². The Balaban J connectivity index is 1.69. The molecule has 2 aromatic rings. The van der Waals surface area contributed by atoms with Gasteiger partial charge in [0, 0.05) is 35.9 Å². The molecule has 2 aromatic carbocycles. The second kappa shape index (κ2) is 8.83. The average Bonchev–Trinajstić information content (AvgIpc) is 3.26. The number of hydrogen-bond donors (Lipinski definition) is 1. The van der Waals surface area contributed by atoms with E-state index < -0.39 is 31.6 Å². The number of hydrogen-bond acceptors (Lipinski definition) is 5. The SMILES string of the molecule is C=CCN1C(=O)[C@@]2(O[C@@H](CCO)[C@H]([Si](C)(C)F)[C@H]2C)c2cc(N3C(=O)COc4ccccc43)ccc21. The number of benzene rings is 2. The van der Waals surface area contributed by atoms with Crippen LogP contribution in [0.15, 0.2) is 55.1 Å². The van der Waals surface area contributed by atoms with Crippen LogP contribution in [0.1, 0.15) is 18.9 Å². The third kappa shape index (κ3) is 3.52. The van der Waals surface area contributed by atoms with Gasteiger partial charge in [-0.3, -0.25) is 14.5 Å². The van der Waals surface area contributed by atoms with Crippen molar-refractivity contribution in [1.82, 2.24) is 0 Å². The van der Waals surface area contributed by atoms with Gasteiger partial charge in [-0.05, 0) is 49.8 Å². The number of nitrogens with zero attached hydrogens (tertiary/aromatic N) is 2. The van der Waals surface area contributed by atoms with Crippen LogP contribution in [-0.2, 0) is 19.9 Å². The van der Waals surface area contributed by atoms with Crippen LogP contribution in [0.25, 0.3) is 0 Å². The van der Waals surface area contributed by atoms with Crippen molar-refractivity contribution < 1.29 is 28.3 Å². The molecule has 36 heavy (non-hydrogen) atoms. The largest absolute Gasteiger partial charge is 0.482 e. The number of halogens is 1. The van der Waals surface area contributed by atoms with Crippen LogP contribution in [0.5, 0.6) is 5.75 Å². The van der Waals surface area contributed by atoms with Gasteiger partial charge in [0.05, 0.1) is 17.5 Å². The third-order valence-corrected chi connectivity index (χ3v) is 10.1. The molecule has 3 aliphatic heterocycles. The van der Waals surface area contributed by atoms with E-state index in [0.717, 1.165) is 0 Å². The molecule has 3 aliphatic rings. The van der Waals surface area contributed by atoms with Crippen LogP contribution in [0.2, 0.25) is 18.6 Å². The van der Waals surface area contributed by atoms with Crippen molar-refractivity contribution in [2.24, 2.45) is 5.92 Å². The number of fused-ring (bicyclic) bond motifs is 3. The monoisotopic (exact) mass is 510 g/mol. The van der Waals surface area contributed by atoms with Crippen LogP contribution >= 0.6 is 0 Å². The van der Waals surface area contributed by atoms with Crippen molar-refractivity contribution in [1.29, 1.82) is 0 Å². The van der Waals surface area contributed by atoms with Crippen molar-refractivity contribution in [3.63, 3.8) is 0 Å². The standard InChI is InChI=1S/C27H31FN2O5Si/c1-5-13-29-20-11-10-18(30-21-8-6-7-9-22(21)34-16-24(30)32)15-19(20)27(26(29)33)17(2)25(36(3,4)28)23(35-27)12-14-31/h5-11,15,17,23,25,31H,1,12-14,16H2,2-4H3/t17-,23+,25-,27+/m1/s1. The van der Waals surface area contributed by atoms with Crippen molar-refractivity contribution in [2.45, 2.75) is 43.7 Å². The van der Waals surface area contributed by atoms with E-state index in [2.05, 4.69) is 6.58 Å². The van der Waals surface area contributed by atoms with Crippen LogP contribution < -0.4 is 14.5 Å². The molecule has 0 saturated carbocycles. The second-order valence-electron chi connectivity index (χ2n) is 10.2. The van der Waals surface area contributed by atoms with Gasteiger partial charge in [0.15, 0.2) is 12.2 Å². The quantitative estimate of drug-likeness (QED) is 0.353. The molecular formula is C27H31FN2O5Si. The molecule has 1 saturated heterocycles. The van der Waals surface area contributed by atoms with Gasteiger partial charge in [-0.1, -0.05) is 25.1 Å². The highest BCUT2D eigenvalue weighted by atomic mass is 28.4. The van der Waals surface area contributed by atoms with Gasteiger partial charge in [0.1, 0.15) is 5.75 Å². The Morgan fingerprint density at radius 2 is 1.97 bits per heavy atom. The Kier molecular flexibility index (Phi) is 6.05. The number of ether oxygens (including phenoxy) is 2. The molecule has 9 heteroatoms. The number of aliphatic hydroxyl groups is 1. The first-order valence-corrected chi connectivity index (χ1v) is 15.2. The van der Waals surface area contributed by atoms with Gasteiger partial charge in [-0.2, -0.15) is 0 Å².